The average molecular weight is 423 g/mol. The highest BCUT2D eigenvalue weighted by molar-refractivity contribution is 6.31. The summed E-state index contributed by atoms with van der Waals surface area (Å²) in [4.78, 5) is 20.5. The third-order valence-electron chi connectivity index (χ3n) is 5.01. The quantitative estimate of drug-likeness (QED) is 0.484. The maximum absolute atomic E-state index is 11.5. The second-order valence-electron chi connectivity index (χ2n) is 6.69. The van der Waals surface area contributed by atoms with E-state index in [0.29, 0.717) is 27.9 Å². The molecule has 2 heterocycles. The SMILES string of the molecule is CNc1ncc2c(-c3cccc(Cl)c3)cc(-c3ccc(C(=O)O)n3C)c(OC)c2n1. The van der Waals surface area contributed by atoms with E-state index in [9.17, 15) is 9.90 Å². The van der Waals surface area contributed by atoms with Gasteiger partial charge in [0.15, 0.2) is 5.75 Å². The van der Waals surface area contributed by atoms with Crippen molar-refractivity contribution in [2.24, 2.45) is 7.05 Å². The molecule has 0 atom stereocenters. The van der Waals surface area contributed by atoms with Crippen LogP contribution in [0.25, 0.3) is 33.3 Å². The zero-order valence-electron chi connectivity index (χ0n) is 16.6. The molecule has 0 unspecified atom stereocenters. The van der Waals surface area contributed by atoms with Crippen molar-refractivity contribution in [2.75, 3.05) is 19.5 Å². The number of benzene rings is 2. The molecule has 0 aliphatic carbocycles. The number of methoxy groups -OCH3 is 1. The lowest BCUT2D eigenvalue weighted by Gasteiger charge is -2.17. The maximum atomic E-state index is 11.5. The minimum absolute atomic E-state index is 0.176. The summed E-state index contributed by atoms with van der Waals surface area (Å²) in [7, 11) is 5.02. The first-order valence-electron chi connectivity index (χ1n) is 9.15. The molecule has 2 N–H and O–H groups in total. The van der Waals surface area contributed by atoms with Crippen LogP contribution in [0.5, 0.6) is 5.75 Å². The van der Waals surface area contributed by atoms with Crippen LogP contribution in [0.15, 0.2) is 48.7 Å². The Bertz CT molecular complexity index is 1280. The molecule has 30 heavy (non-hydrogen) atoms. The summed E-state index contributed by atoms with van der Waals surface area (Å²) in [5, 5.41) is 13.8. The van der Waals surface area contributed by atoms with Crippen molar-refractivity contribution < 1.29 is 14.6 Å². The van der Waals surface area contributed by atoms with Crippen molar-refractivity contribution in [3.05, 3.63) is 59.4 Å². The minimum atomic E-state index is -1.00. The van der Waals surface area contributed by atoms with Gasteiger partial charge in [-0.2, -0.15) is 0 Å². The lowest BCUT2D eigenvalue weighted by molar-refractivity contribution is 0.0686. The summed E-state index contributed by atoms with van der Waals surface area (Å²) >= 11 is 6.24. The standard InChI is InChI=1S/C22H19ClN4O3/c1-24-22-25-11-16-14(12-5-4-6-13(23)9-12)10-15(20(30-3)19(16)26-22)17-7-8-18(21(28)29)27(17)2/h4-11H,1-3H3,(H,28,29)(H,24,25,26). The number of carboxylic acids is 1. The first-order chi connectivity index (χ1) is 14.4. The minimum Gasteiger partial charge on any atom is -0.494 e. The van der Waals surface area contributed by atoms with E-state index in [2.05, 4.69) is 15.3 Å². The molecule has 4 aromatic rings. The Morgan fingerprint density at radius 2 is 2.00 bits per heavy atom. The summed E-state index contributed by atoms with van der Waals surface area (Å²) in [6, 6.07) is 12.8. The molecule has 0 aliphatic heterocycles. The number of carbonyl (C=O) groups is 1. The molecule has 0 saturated heterocycles. The number of ether oxygens (including phenoxy) is 1. The largest absolute Gasteiger partial charge is 0.494 e. The van der Waals surface area contributed by atoms with E-state index in [4.69, 9.17) is 16.3 Å². The van der Waals surface area contributed by atoms with Gasteiger partial charge in [0.2, 0.25) is 5.95 Å². The Kier molecular flexibility index (Phi) is 5.05. The number of nitrogens with zero attached hydrogens (tertiary/aromatic N) is 3. The molecule has 8 heteroatoms. The topological polar surface area (TPSA) is 89.3 Å². The van der Waals surface area contributed by atoms with Gasteiger partial charge in [-0.15, -0.1) is 0 Å². The van der Waals surface area contributed by atoms with Crippen LogP contribution in [0.2, 0.25) is 5.02 Å². The number of aromatic carboxylic acids is 1. The van der Waals surface area contributed by atoms with E-state index >= 15 is 0 Å². The third kappa shape index (κ3) is 3.23. The zero-order valence-corrected chi connectivity index (χ0v) is 17.4. The number of rotatable bonds is 5. The molecule has 2 aromatic carbocycles. The highest BCUT2D eigenvalue weighted by Crippen LogP contribution is 2.42. The molecular weight excluding hydrogens is 404 g/mol. The Balaban J connectivity index is 2.11. The number of halogens is 1. The van der Waals surface area contributed by atoms with Crippen LogP contribution < -0.4 is 10.1 Å². The van der Waals surface area contributed by atoms with Crippen LogP contribution in [0, 0.1) is 0 Å². The lowest BCUT2D eigenvalue weighted by atomic mass is 9.96. The number of fused-ring (bicyclic) bond motifs is 1. The monoisotopic (exact) mass is 422 g/mol. The van der Waals surface area contributed by atoms with Crippen LogP contribution in [0.4, 0.5) is 5.95 Å². The van der Waals surface area contributed by atoms with Gasteiger partial charge in [-0.05, 0) is 41.5 Å². The molecule has 152 valence electrons. The van der Waals surface area contributed by atoms with Gasteiger partial charge < -0.3 is 19.7 Å². The Hall–Kier alpha value is -3.58. The van der Waals surface area contributed by atoms with E-state index in [1.165, 1.54) is 0 Å². The van der Waals surface area contributed by atoms with Gasteiger partial charge in [-0.1, -0.05) is 23.7 Å². The van der Waals surface area contributed by atoms with Crippen LogP contribution in [0.3, 0.4) is 0 Å². The molecule has 0 spiro atoms. The van der Waals surface area contributed by atoms with Gasteiger partial charge >= 0.3 is 5.97 Å². The molecule has 0 fully saturated rings. The number of carboxylic acid groups (broad SMARTS) is 1. The van der Waals surface area contributed by atoms with Gasteiger partial charge in [0.25, 0.3) is 0 Å². The summed E-state index contributed by atoms with van der Waals surface area (Å²) in [6.07, 6.45) is 1.74. The second-order valence-corrected chi connectivity index (χ2v) is 7.13. The molecule has 0 bridgehead atoms. The molecule has 0 radical (unpaired) electrons. The molecule has 4 rings (SSSR count). The zero-order chi connectivity index (χ0) is 21.4. The van der Waals surface area contributed by atoms with Gasteiger partial charge in [-0.25, -0.2) is 14.8 Å². The maximum Gasteiger partial charge on any atom is 0.352 e. The lowest BCUT2D eigenvalue weighted by Crippen LogP contribution is -2.06. The number of nitrogens with one attached hydrogen (secondary N) is 1. The molecule has 0 amide bonds. The first kappa shape index (κ1) is 19.7. The van der Waals surface area contributed by atoms with Crippen molar-refractivity contribution in [1.29, 1.82) is 0 Å². The van der Waals surface area contributed by atoms with Crippen LogP contribution in [-0.4, -0.2) is 39.8 Å². The van der Waals surface area contributed by atoms with E-state index in [0.717, 1.165) is 22.1 Å². The molecule has 2 aromatic heterocycles. The fraction of sp³-hybridized carbons (Fsp3) is 0.136. The second kappa shape index (κ2) is 7.68. The van der Waals surface area contributed by atoms with Crippen LogP contribution in [0.1, 0.15) is 10.5 Å². The number of hydrogen-bond acceptors (Lipinski definition) is 5. The third-order valence-corrected chi connectivity index (χ3v) is 5.24. The number of hydrogen-bond donors (Lipinski definition) is 2. The summed E-state index contributed by atoms with van der Waals surface area (Å²) in [5.41, 5.74) is 3.96. The van der Waals surface area contributed by atoms with E-state index in [-0.39, 0.29) is 5.69 Å². The summed E-state index contributed by atoms with van der Waals surface area (Å²) in [5.74, 6) is -0.0146. The number of anilines is 1. The van der Waals surface area contributed by atoms with Gasteiger partial charge in [0, 0.05) is 36.3 Å². The fourth-order valence-corrected chi connectivity index (χ4v) is 3.77. The molecule has 0 aliphatic rings. The van der Waals surface area contributed by atoms with Gasteiger partial charge in [-0.3, -0.25) is 0 Å². The van der Waals surface area contributed by atoms with Crippen molar-refractivity contribution in [3.8, 4) is 28.1 Å². The summed E-state index contributed by atoms with van der Waals surface area (Å²) < 4.78 is 7.37. The van der Waals surface area contributed by atoms with Crippen LogP contribution >= 0.6 is 11.6 Å². The molecule has 7 nitrogen and oxygen atoms in total. The molecular formula is C22H19ClN4O3. The average Bonchev–Trinajstić information content (AvgIpc) is 3.13. The van der Waals surface area contributed by atoms with Gasteiger partial charge in [0.1, 0.15) is 11.2 Å². The Morgan fingerprint density at radius 3 is 2.63 bits per heavy atom. The van der Waals surface area contributed by atoms with Crippen molar-refractivity contribution in [3.63, 3.8) is 0 Å². The Morgan fingerprint density at radius 1 is 1.20 bits per heavy atom. The summed E-state index contributed by atoms with van der Waals surface area (Å²) in [6.45, 7) is 0. The highest BCUT2D eigenvalue weighted by Gasteiger charge is 2.21. The van der Waals surface area contributed by atoms with E-state index in [1.807, 2.05) is 30.3 Å². The van der Waals surface area contributed by atoms with E-state index in [1.54, 1.807) is 44.1 Å². The normalized spacial score (nSPS) is 10.9. The fourth-order valence-electron chi connectivity index (χ4n) is 3.58. The highest BCUT2D eigenvalue weighted by atomic mass is 35.5. The van der Waals surface area contributed by atoms with Gasteiger partial charge in [0.05, 0.1) is 12.8 Å². The first-order valence-corrected chi connectivity index (χ1v) is 9.53. The smallest absolute Gasteiger partial charge is 0.352 e. The Labute approximate surface area is 177 Å². The van der Waals surface area contributed by atoms with Crippen molar-refractivity contribution in [1.82, 2.24) is 14.5 Å². The molecule has 0 saturated carbocycles. The predicted molar refractivity (Wildman–Crippen MR) is 117 cm³/mol. The van der Waals surface area contributed by atoms with Crippen molar-refractivity contribution >= 4 is 34.4 Å². The van der Waals surface area contributed by atoms with Crippen molar-refractivity contribution in [2.45, 2.75) is 0 Å². The van der Waals surface area contributed by atoms with Crippen LogP contribution in [-0.2, 0) is 7.05 Å². The van der Waals surface area contributed by atoms with E-state index < -0.39 is 5.97 Å². The number of aromatic nitrogens is 3. The predicted octanol–water partition coefficient (Wildman–Crippen LogP) is 4.70.